The van der Waals surface area contributed by atoms with Gasteiger partial charge in [-0.05, 0) is 23.7 Å². The van der Waals surface area contributed by atoms with Gasteiger partial charge in [-0.2, -0.15) is 18.2 Å². The molecule has 2 aromatic heterocycles. The second-order valence-corrected chi connectivity index (χ2v) is 6.80. The number of benzene rings is 1. The number of aryl methyl sites for hydroxylation is 1. The van der Waals surface area contributed by atoms with E-state index in [4.69, 9.17) is 23.2 Å². The van der Waals surface area contributed by atoms with Crippen LogP contribution in [0.15, 0.2) is 27.8 Å². The van der Waals surface area contributed by atoms with Crippen molar-refractivity contribution in [2.45, 2.75) is 12.7 Å². The number of aromatic nitrogens is 4. The molecular weight excluding hydrogens is 438 g/mol. The highest BCUT2D eigenvalue weighted by Gasteiger charge is 2.35. The number of imidazole rings is 1. The highest BCUT2D eigenvalue weighted by atomic mass is 35.5. The highest BCUT2D eigenvalue weighted by molar-refractivity contribution is 6.34. The monoisotopic (exact) mass is 449 g/mol. The molecule has 0 bridgehead atoms. The van der Waals surface area contributed by atoms with Gasteiger partial charge in [0.05, 0.1) is 16.3 Å². The van der Waals surface area contributed by atoms with Crippen molar-refractivity contribution in [3.05, 3.63) is 54.9 Å². The molecule has 2 heterocycles. The Morgan fingerprint density at radius 1 is 1.17 bits per heavy atom. The molecule has 0 aliphatic heterocycles. The second-order valence-electron chi connectivity index (χ2n) is 6.05. The number of hydrogen-bond donors (Lipinski definition) is 1. The van der Waals surface area contributed by atoms with Gasteiger partial charge in [-0.15, -0.1) is 0 Å². The van der Waals surface area contributed by atoms with Crippen molar-refractivity contribution < 1.29 is 18.0 Å². The van der Waals surface area contributed by atoms with E-state index in [-0.39, 0.29) is 21.5 Å². The lowest BCUT2D eigenvalue weighted by molar-refractivity contribution is -0.137. The van der Waals surface area contributed by atoms with Gasteiger partial charge < -0.3 is 5.32 Å². The molecule has 3 aromatic rings. The molecule has 154 valence electrons. The van der Waals surface area contributed by atoms with Gasteiger partial charge in [0.2, 0.25) is 11.2 Å². The first-order chi connectivity index (χ1) is 13.4. The molecule has 1 aromatic carbocycles. The van der Waals surface area contributed by atoms with Crippen LogP contribution < -0.4 is 16.6 Å². The number of rotatable bonds is 3. The van der Waals surface area contributed by atoms with Crippen LogP contribution in [0.25, 0.3) is 11.2 Å². The third kappa shape index (κ3) is 3.62. The first-order valence-corrected chi connectivity index (χ1v) is 8.66. The highest BCUT2D eigenvalue weighted by Crippen LogP contribution is 2.38. The van der Waals surface area contributed by atoms with Gasteiger partial charge >= 0.3 is 11.9 Å². The number of nitrogens with one attached hydrogen (secondary N) is 1. The van der Waals surface area contributed by atoms with Crippen molar-refractivity contribution in [1.82, 2.24) is 18.7 Å². The minimum atomic E-state index is -4.75. The zero-order chi connectivity index (χ0) is 21.7. The molecule has 3 rings (SSSR count). The van der Waals surface area contributed by atoms with Crippen LogP contribution in [-0.2, 0) is 31.6 Å². The van der Waals surface area contributed by atoms with Crippen LogP contribution in [0.3, 0.4) is 0 Å². The van der Waals surface area contributed by atoms with Gasteiger partial charge in [0.15, 0.2) is 11.2 Å². The van der Waals surface area contributed by atoms with Gasteiger partial charge in [0.1, 0.15) is 6.54 Å². The predicted molar refractivity (Wildman–Crippen MR) is 100 cm³/mol. The van der Waals surface area contributed by atoms with E-state index in [0.717, 1.165) is 25.8 Å². The normalized spacial score (nSPS) is 11.8. The number of carbonyl (C=O) groups excluding carboxylic acids is 1. The van der Waals surface area contributed by atoms with Crippen LogP contribution in [-0.4, -0.2) is 24.6 Å². The Balaban J connectivity index is 2.04. The maximum atomic E-state index is 13.2. The van der Waals surface area contributed by atoms with Crippen LogP contribution in [0.1, 0.15) is 5.56 Å². The first kappa shape index (κ1) is 20.9. The molecular formula is C16H12Cl2F3N5O3. The SMILES string of the molecule is Cn1c(=O)c2c(nc(Cl)n2CC(=O)Nc2c(Cl)cccc2C(F)(F)F)n(C)c1=O. The van der Waals surface area contributed by atoms with E-state index in [2.05, 4.69) is 10.3 Å². The summed E-state index contributed by atoms with van der Waals surface area (Å²) in [6, 6.07) is 3.06. The molecule has 1 N–H and O–H groups in total. The number of nitrogens with zero attached hydrogens (tertiary/aromatic N) is 4. The van der Waals surface area contributed by atoms with Crippen LogP contribution >= 0.6 is 23.2 Å². The van der Waals surface area contributed by atoms with Gasteiger partial charge in [0.25, 0.3) is 5.56 Å². The molecule has 0 fully saturated rings. The van der Waals surface area contributed by atoms with Gasteiger partial charge in [-0.3, -0.25) is 23.3 Å². The maximum Gasteiger partial charge on any atom is 0.418 e. The van der Waals surface area contributed by atoms with Crippen molar-refractivity contribution >= 4 is 46.0 Å². The minimum absolute atomic E-state index is 0.0652. The largest absolute Gasteiger partial charge is 0.418 e. The van der Waals surface area contributed by atoms with Crippen molar-refractivity contribution in [2.24, 2.45) is 14.1 Å². The topological polar surface area (TPSA) is 90.9 Å². The van der Waals surface area contributed by atoms with Crippen LogP contribution in [0.4, 0.5) is 18.9 Å². The Morgan fingerprint density at radius 3 is 2.45 bits per heavy atom. The Kier molecular flexibility index (Phi) is 5.22. The third-order valence-electron chi connectivity index (χ3n) is 4.19. The lowest BCUT2D eigenvalue weighted by Gasteiger charge is -2.15. The summed E-state index contributed by atoms with van der Waals surface area (Å²) in [4.78, 5) is 40.8. The lowest BCUT2D eigenvalue weighted by atomic mass is 10.1. The van der Waals surface area contributed by atoms with E-state index < -0.39 is 41.1 Å². The predicted octanol–water partition coefficient (Wildman–Crippen LogP) is 2.40. The quantitative estimate of drug-likeness (QED) is 0.621. The molecule has 29 heavy (non-hydrogen) atoms. The number of anilines is 1. The first-order valence-electron chi connectivity index (χ1n) is 7.90. The zero-order valence-corrected chi connectivity index (χ0v) is 16.4. The fourth-order valence-electron chi connectivity index (χ4n) is 2.77. The lowest BCUT2D eigenvalue weighted by Crippen LogP contribution is -2.37. The second kappa shape index (κ2) is 7.23. The molecule has 0 atom stereocenters. The summed E-state index contributed by atoms with van der Waals surface area (Å²) in [7, 11) is 2.59. The summed E-state index contributed by atoms with van der Waals surface area (Å²) >= 11 is 11.8. The van der Waals surface area contributed by atoms with Gasteiger partial charge in [0, 0.05) is 14.1 Å². The van der Waals surface area contributed by atoms with Crippen molar-refractivity contribution in [2.75, 3.05) is 5.32 Å². The fraction of sp³-hybridized carbons (Fsp3) is 0.250. The van der Waals surface area contributed by atoms with Crippen LogP contribution in [0.2, 0.25) is 10.3 Å². The average molecular weight is 450 g/mol. The summed E-state index contributed by atoms with van der Waals surface area (Å²) < 4.78 is 42.4. The summed E-state index contributed by atoms with van der Waals surface area (Å²) in [5.74, 6) is -0.930. The van der Waals surface area contributed by atoms with E-state index >= 15 is 0 Å². The maximum absolute atomic E-state index is 13.2. The molecule has 0 saturated heterocycles. The standard InChI is InChI=1S/C16H12Cl2F3N5O3/c1-24-12-11(13(28)25(2)15(24)29)26(14(18)23-12)6-9(27)22-10-7(16(19,20)21)4-3-5-8(10)17/h3-5H,6H2,1-2H3,(H,22,27). The van der Waals surface area contributed by atoms with Crippen molar-refractivity contribution in [3.63, 3.8) is 0 Å². The molecule has 1 amide bonds. The number of alkyl halides is 3. The van der Waals surface area contributed by atoms with E-state index in [1.54, 1.807) is 0 Å². The van der Waals surface area contributed by atoms with Crippen LogP contribution in [0, 0.1) is 0 Å². The molecule has 0 aliphatic carbocycles. The summed E-state index contributed by atoms with van der Waals surface area (Å²) in [6.45, 7) is -0.634. The van der Waals surface area contributed by atoms with Crippen molar-refractivity contribution in [3.8, 4) is 0 Å². The smallest absolute Gasteiger partial charge is 0.323 e. The Morgan fingerprint density at radius 2 is 1.83 bits per heavy atom. The Labute approximate surface area is 170 Å². The molecule has 0 unspecified atom stereocenters. The average Bonchev–Trinajstić information content (AvgIpc) is 2.95. The number of amides is 1. The summed E-state index contributed by atoms with van der Waals surface area (Å²) in [6.07, 6.45) is -4.75. The van der Waals surface area contributed by atoms with E-state index in [1.807, 2.05) is 0 Å². The van der Waals surface area contributed by atoms with Crippen molar-refractivity contribution in [1.29, 1.82) is 0 Å². The number of hydrogen-bond acceptors (Lipinski definition) is 4. The molecule has 8 nitrogen and oxygen atoms in total. The van der Waals surface area contributed by atoms with Gasteiger partial charge in [-0.1, -0.05) is 17.7 Å². The van der Waals surface area contributed by atoms with E-state index in [1.165, 1.54) is 20.2 Å². The molecule has 0 spiro atoms. The molecule has 0 aliphatic rings. The molecule has 0 saturated carbocycles. The number of carbonyl (C=O) groups is 1. The van der Waals surface area contributed by atoms with E-state index in [9.17, 15) is 27.6 Å². The van der Waals surface area contributed by atoms with Crippen LogP contribution in [0.5, 0.6) is 0 Å². The third-order valence-corrected chi connectivity index (χ3v) is 4.79. The fourth-order valence-corrected chi connectivity index (χ4v) is 3.22. The number of fused-ring (bicyclic) bond motifs is 1. The Bertz CT molecular complexity index is 1260. The molecule has 0 radical (unpaired) electrons. The minimum Gasteiger partial charge on any atom is -0.323 e. The van der Waals surface area contributed by atoms with E-state index in [0.29, 0.717) is 0 Å². The Hall–Kier alpha value is -2.79. The van der Waals surface area contributed by atoms with Gasteiger partial charge in [-0.25, -0.2) is 4.79 Å². The summed E-state index contributed by atoms with van der Waals surface area (Å²) in [5.41, 5.74) is -3.37. The number of halogens is 5. The summed E-state index contributed by atoms with van der Waals surface area (Å²) in [5, 5.41) is 1.50. The molecule has 13 heteroatoms. The number of para-hydroxylation sites is 1. The zero-order valence-electron chi connectivity index (χ0n) is 14.8.